The largest absolute Gasteiger partial charge is 0.479 e. The smallest absolute Gasteiger partial charge is 0.363 e. The summed E-state index contributed by atoms with van der Waals surface area (Å²) in [7, 11) is 7.22. The van der Waals surface area contributed by atoms with Gasteiger partial charge in [-0.2, -0.15) is 0 Å². The second kappa shape index (κ2) is 19.1. The molecule has 0 aromatic rings. The molecule has 0 fully saturated rings. The number of rotatable bonds is 24. The van der Waals surface area contributed by atoms with Gasteiger partial charge in [0.25, 0.3) is 0 Å². The fourth-order valence-electron chi connectivity index (χ4n) is 3.86. The lowest BCUT2D eigenvalue weighted by Gasteiger charge is -2.30. The van der Waals surface area contributed by atoms with Crippen LogP contribution in [0.25, 0.3) is 0 Å². The van der Waals surface area contributed by atoms with Crippen LogP contribution in [0, 0.1) is 0 Å². The number of unbranched alkanes of at least 4 members (excludes halogenated alkanes) is 13. The third-order valence-corrected chi connectivity index (χ3v) is 7.16. The van der Waals surface area contributed by atoms with Crippen LogP contribution in [-0.2, 0) is 18.1 Å². The molecule has 0 aromatic heterocycles. The number of phosphoric ester groups is 1. The average molecular weight is 527 g/mol. The zero-order valence-electron chi connectivity index (χ0n) is 24.0. The van der Waals surface area contributed by atoms with E-state index < -0.39 is 20.4 Å². The Balaban J connectivity index is 4.18. The molecule has 0 radical (unpaired) electrons. The minimum Gasteiger partial charge on any atom is -0.363 e. The molecule has 9 heteroatoms. The van der Waals surface area contributed by atoms with Crippen LogP contribution < -0.4 is 0 Å². The number of quaternary nitrogens is 2. The van der Waals surface area contributed by atoms with Gasteiger partial charge in [0, 0.05) is 0 Å². The van der Waals surface area contributed by atoms with Gasteiger partial charge in [0.15, 0.2) is 0 Å². The molecule has 0 amide bonds. The first-order valence-electron chi connectivity index (χ1n) is 13.8. The highest BCUT2D eigenvalue weighted by Crippen LogP contribution is 2.51. The van der Waals surface area contributed by atoms with E-state index in [-0.39, 0.29) is 19.7 Å². The highest BCUT2D eigenvalue weighted by molar-refractivity contribution is 7.48. The lowest BCUT2D eigenvalue weighted by atomic mass is 10.0. The van der Waals surface area contributed by atoms with E-state index in [0.717, 1.165) is 19.3 Å². The third kappa shape index (κ3) is 24.1. The summed E-state index contributed by atoms with van der Waals surface area (Å²) < 4.78 is 30.1. The minimum absolute atomic E-state index is 0.198. The van der Waals surface area contributed by atoms with E-state index in [2.05, 4.69) is 6.92 Å². The molecule has 0 bridgehead atoms. The van der Waals surface area contributed by atoms with Crippen molar-refractivity contribution >= 4 is 7.82 Å². The Labute approximate surface area is 216 Å². The van der Waals surface area contributed by atoms with Gasteiger partial charge in [0.05, 0.1) is 48.9 Å². The van der Waals surface area contributed by atoms with Crippen LogP contribution in [0.4, 0.5) is 0 Å². The Morgan fingerprint density at radius 3 is 1.23 bits per heavy atom. The monoisotopic (exact) mass is 526 g/mol. The summed E-state index contributed by atoms with van der Waals surface area (Å²) in [6.45, 7) is 2.87. The lowest BCUT2D eigenvalue weighted by Crippen LogP contribution is -2.43. The predicted octanol–water partition coefficient (Wildman–Crippen LogP) is 5.67. The maximum atomic E-state index is 13.1. The van der Waals surface area contributed by atoms with Crippen molar-refractivity contribution in [2.75, 3.05) is 62.0 Å². The Bertz CT molecular complexity index is 523. The van der Waals surface area contributed by atoms with Crippen LogP contribution in [0.3, 0.4) is 0 Å². The summed E-state index contributed by atoms with van der Waals surface area (Å²) in [5.74, 6) is 0. The van der Waals surface area contributed by atoms with Gasteiger partial charge in [0.1, 0.15) is 13.1 Å². The minimum atomic E-state index is -4.11. The van der Waals surface area contributed by atoms with Crippen molar-refractivity contribution in [1.82, 2.24) is 0 Å². The molecule has 0 aliphatic rings. The van der Waals surface area contributed by atoms with Gasteiger partial charge in [-0.25, -0.2) is 4.57 Å². The topological polar surface area (TPSA) is 85.2 Å². The summed E-state index contributed by atoms with van der Waals surface area (Å²) in [6, 6.07) is 0. The Morgan fingerprint density at radius 2 is 0.914 bits per heavy atom. The number of hydrogen-bond acceptors (Lipinski definition) is 6. The number of aliphatic hydroxyl groups is 2. The van der Waals surface area contributed by atoms with Gasteiger partial charge in [-0.3, -0.25) is 13.6 Å². The molecule has 2 atom stereocenters. The van der Waals surface area contributed by atoms with Gasteiger partial charge >= 0.3 is 7.82 Å². The van der Waals surface area contributed by atoms with Crippen molar-refractivity contribution in [2.45, 2.75) is 109 Å². The predicted molar refractivity (Wildman–Crippen MR) is 144 cm³/mol. The van der Waals surface area contributed by atoms with Crippen molar-refractivity contribution in [2.24, 2.45) is 0 Å². The van der Waals surface area contributed by atoms with Gasteiger partial charge in [-0.15, -0.1) is 0 Å². The molecule has 8 nitrogen and oxygen atoms in total. The molecule has 2 N–H and O–H groups in total. The summed E-state index contributed by atoms with van der Waals surface area (Å²) in [6.07, 6.45) is 14.8. The number of hydrogen-bond donors (Lipinski definition) is 2. The van der Waals surface area contributed by atoms with E-state index >= 15 is 0 Å². The summed E-state index contributed by atoms with van der Waals surface area (Å²) in [4.78, 5) is 0. The van der Waals surface area contributed by atoms with E-state index in [1.54, 1.807) is 0 Å². The van der Waals surface area contributed by atoms with Crippen LogP contribution in [0.15, 0.2) is 0 Å². The summed E-state index contributed by atoms with van der Waals surface area (Å²) in [5, 5.41) is 20.5. The molecule has 0 saturated heterocycles. The quantitative estimate of drug-likeness (QED) is 0.0729. The van der Waals surface area contributed by atoms with Gasteiger partial charge in [-0.1, -0.05) is 90.4 Å². The van der Waals surface area contributed by atoms with Crippen LogP contribution in [0.5, 0.6) is 0 Å². The first-order valence-corrected chi connectivity index (χ1v) is 15.3. The molecule has 0 heterocycles. The SMILES string of the molecule is CCCCCCCCCCCCCCCCOP(=O)(OC(O)C[N+](C)(C)C)OC(O)C[N+](C)(C)C. The third-order valence-electron chi connectivity index (χ3n) is 5.66. The van der Waals surface area contributed by atoms with Crippen molar-refractivity contribution < 1.29 is 37.3 Å². The van der Waals surface area contributed by atoms with Crippen LogP contribution in [0.1, 0.15) is 96.8 Å². The van der Waals surface area contributed by atoms with E-state index in [4.69, 9.17) is 13.6 Å². The Kier molecular flexibility index (Phi) is 19.1. The van der Waals surface area contributed by atoms with Crippen LogP contribution >= 0.6 is 7.82 Å². The summed E-state index contributed by atoms with van der Waals surface area (Å²) >= 11 is 0. The van der Waals surface area contributed by atoms with Gasteiger partial charge in [0.2, 0.25) is 12.6 Å². The lowest BCUT2D eigenvalue weighted by molar-refractivity contribution is -0.876. The second-order valence-corrected chi connectivity index (χ2v) is 13.5. The zero-order valence-corrected chi connectivity index (χ0v) is 24.9. The first-order chi connectivity index (χ1) is 16.3. The normalized spacial score (nSPS) is 16.3. The Morgan fingerprint density at radius 1 is 0.600 bits per heavy atom. The van der Waals surface area contributed by atoms with Crippen molar-refractivity contribution in [1.29, 1.82) is 0 Å². The number of phosphoric acid groups is 1. The standard InChI is InChI=1S/C26H59N2O6P/c1-8-9-10-11-12-13-14-15-16-17-18-19-20-21-22-32-35(31,33-25(29)23-27(2,3)4)34-26(30)24-28(5,6)7/h25-26,29-30H,8-24H2,1-7H3/q+2. The zero-order chi connectivity index (χ0) is 26.8. The maximum absolute atomic E-state index is 13.1. The van der Waals surface area contributed by atoms with Crippen molar-refractivity contribution in [3.8, 4) is 0 Å². The van der Waals surface area contributed by atoms with E-state index in [0.29, 0.717) is 8.97 Å². The molecule has 0 aromatic carbocycles. The molecule has 0 aliphatic carbocycles. The average Bonchev–Trinajstić information content (AvgIpc) is 2.67. The number of aliphatic hydroxyl groups excluding tert-OH is 2. The van der Waals surface area contributed by atoms with E-state index in [1.807, 2.05) is 42.3 Å². The Hall–Kier alpha value is -0.0500. The molecule has 0 rings (SSSR count). The fraction of sp³-hybridized carbons (Fsp3) is 1.00. The first kappa shape index (κ1) is 35.0. The van der Waals surface area contributed by atoms with Gasteiger partial charge < -0.3 is 19.2 Å². The highest BCUT2D eigenvalue weighted by atomic mass is 31.2. The van der Waals surface area contributed by atoms with Crippen molar-refractivity contribution in [3.63, 3.8) is 0 Å². The van der Waals surface area contributed by atoms with Crippen molar-refractivity contribution in [3.05, 3.63) is 0 Å². The molecule has 0 aliphatic heterocycles. The molecule has 35 heavy (non-hydrogen) atoms. The number of likely N-dealkylation sites (N-methyl/N-ethyl adjacent to an activating group) is 2. The molecule has 0 spiro atoms. The van der Waals surface area contributed by atoms with Crippen LogP contribution in [0.2, 0.25) is 0 Å². The molecule has 2 unspecified atom stereocenters. The van der Waals surface area contributed by atoms with Crippen LogP contribution in [-0.4, -0.2) is 93.7 Å². The van der Waals surface area contributed by atoms with E-state index in [9.17, 15) is 14.8 Å². The van der Waals surface area contributed by atoms with E-state index in [1.165, 1.54) is 70.6 Å². The second-order valence-electron chi connectivity index (χ2n) is 11.9. The fourth-order valence-corrected chi connectivity index (χ4v) is 5.11. The molecule has 0 saturated carbocycles. The van der Waals surface area contributed by atoms with Gasteiger partial charge in [-0.05, 0) is 6.42 Å². The molecular formula is C26H59N2O6P+2. The molecule has 212 valence electrons. The highest BCUT2D eigenvalue weighted by Gasteiger charge is 2.36. The maximum Gasteiger partial charge on any atom is 0.479 e. The number of nitrogens with zero attached hydrogens (tertiary/aromatic N) is 2. The molecular weight excluding hydrogens is 467 g/mol. The summed E-state index contributed by atoms with van der Waals surface area (Å²) in [5.41, 5.74) is 0.